The van der Waals surface area contributed by atoms with Crippen molar-refractivity contribution in [1.29, 1.82) is 0 Å². The molecule has 0 amide bonds. The zero-order valence-corrected chi connectivity index (χ0v) is 13.2. The number of likely N-dealkylation sites (N-methyl/N-ethyl adjacent to an activating group) is 1. The first-order valence-electron chi connectivity index (χ1n) is 7.67. The van der Waals surface area contributed by atoms with Crippen LogP contribution in [0.1, 0.15) is 41.5 Å². The molecule has 1 heterocycles. The Balaban J connectivity index is 2.40. The van der Waals surface area contributed by atoms with Crippen molar-refractivity contribution in [2.45, 2.75) is 59.7 Å². The summed E-state index contributed by atoms with van der Waals surface area (Å²) in [6, 6.07) is 1.98. The minimum atomic E-state index is 0.593. The van der Waals surface area contributed by atoms with E-state index in [-0.39, 0.29) is 0 Å². The SMILES string of the molecule is CCN1CCN(C(C)C(C)CNC(C)C)CC1C. The van der Waals surface area contributed by atoms with Crippen LogP contribution in [-0.4, -0.2) is 60.6 Å². The third kappa shape index (κ3) is 4.52. The molecular weight excluding hydrogens is 222 g/mol. The standard InChI is InChI=1S/C15H33N3/c1-7-17-8-9-18(11-14(17)5)15(6)13(4)10-16-12(2)3/h12-16H,7-11H2,1-6H3. The molecule has 0 saturated carbocycles. The fourth-order valence-corrected chi connectivity index (χ4v) is 2.82. The summed E-state index contributed by atoms with van der Waals surface area (Å²) in [4.78, 5) is 5.25. The van der Waals surface area contributed by atoms with Crippen LogP contribution in [0.5, 0.6) is 0 Å². The lowest BCUT2D eigenvalue weighted by Gasteiger charge is -2.43. The highest BCUT2D eigenvalue weighted by atomic mass is 15.3. The lowest BCUT2D eigenvalue weighted by molar-refractivity contribution is 0.0471. The molecule has 1 aliphatic heterocycles. The van der Waals surface area contributed by atoms with Crippen molar-refractivity contribution >= 4 is 0 Å². The lowest BCUT2D eigenvalue weighted by Crippen LogP contribution is -2.56. The summed E-state index contributed by atoms with van der Waals surface area (Å²) in [6.45, 7) is 19.8. The van der Waals surface area contributed by atoms with Gasteiger partial charge in [0.05, 0.1) is 0 Å². The molecule has 3 unspecified atom stereocenters. The Morgan fingerprint density at radius 2 is 1.83 bits per heavy atom. The number of piperazine rings is 1. The van der Waals surface area contributed by atoms with E-state index in [1.54, 1.807) is 0 Å². The van der Waals surface area contributed by atoms with Gasteiger partial charge in [-0.05, 0) is 32.9 Å². The van der Waals surface area contributed by atoms with Gasteiger partial charge in [0.2, 0.25) is 0 Å². The average Bonchev–Trinajstić information content (AvgIpc) is 2.34. The van der Waals surface area contributed by atoms with E-state index in [9.17, 15) is 0 Å². The van der Waals surface area contributed by atoms with E-state index in [0.29, 0.717) is 24.0 Å². The second-order valence-corrected chi connectivity index (χ2v) is 6.25. The summed E-state index contributed by atoms with van der Waals surface area (Å²) in [5.74, 6) is 0.716. The van der Waals surface area contributed by atoms with E-state index >= 15 is 0 Å². The minimum Gasteiger partial charge on any atom is -0.314 e. The third-order valence-corrected chi connectivity index (χ3v) is 4.45. The molecule has 0 aliphatic carbocycles. The smallest absolute Gasteiger partial charge is 0.0195 e. The highest BCUT2D eigenvalue weighted by Crippen LogP contribution is 2.16. The average molecular weight is 255 g/mol. The fourth-order valence-electron chi connectivity index (χ4n) is 2.82. The van der Waals surface area contributed by atoms with Gasteiger partial charge < -0.3 is 5.32 Å². The molecule has 0 aromatic carbocycles. The molecule has 3 nitrogen and oxygen atoms in total. The van der Waals surface area contributed by atoms with Gasteiger partial charge in [-0.15, -0.1) is 0 Å². The van der Waals surface area contributed by atoms with Crippen LogP contribution in [-0.2, 0) is 0 Å². The van der Waals surface area contributed by atoms with Gasteiger partial charge in [0.15, 0.2) is 0 Å². The summed E-state index contributed by atoms with van der Waals surface area (Å²) in [5.41, 5.74) is 0. The second kappa shape index (κ2) is 7.46. The van der Waals surface area contributed by atoms with E-state index in [1.165, 1.54) is 26.2 Å². The van der Waals surface area contributed by atoms with Crippen molar-refractivity contribution in [2.24, 2.45) is 5.92 Å². The van der Waals surface area contributed by atoms with Crippen molar-refractivity contribution in [3.63, 3.8) is 0 Å². The molecule has 0 aromatic rings. The lowest BCUT2D eigenvalue weighted by atomic mass is 9.99. The van der Waals surface area contributed by atoms with Crippen molar-refractivity contribution in [1.82, 2.24) is 15.1 Å². The summed E-state index contributed by atoms with van der Waals surface area (Å²) in [7, 11) is 0. The zero-order chi connectivity index (χ0) is 13.7. The maximum atomic E-state index is 3.56. The van der Waals surface area contributed by atoms with Gasteiger partial charge in [0.25, 0.3) is 0 Å². The molecular formula is C15H33N3. The number of nitrogens with zero attached hydrogens (tertiary/aromatic N) is 2. The van der Waals surface area contributed by atoms with E-state index in [1.807, 2.05) is 0 Å². The van der Waals surface area contributed by atoms with Crippen LogP contribution >= 0.6 is 0 Å². The monoisotopic (exact) mass is 255 g/mol. The Labute approximate surface area is 114 Å². The van der Waals surface area contributed by atoms with Crippen molar-refractivity contribution in [3.05, 3.63) is 0 Å². The summed E-state index contributed by atoms with van der Waals surface area (Å²) < 4.78 is 0. The maximum Gasteiger partial charge on any atom is 0.0195 e. The van der Waals surface area contributed by atoms with Crippen LogP contribution in [0.2, 0.25) is 0 Å². The molecule has 0 bridgehead atoms. The molecule has 1 fully saturated rings. The molecule has 1 rings (SSSR count). The van der Waals surface area contributed by atoms with Crippen LogP contribution in [0.25, 0.3) is 0 Å². The Kier molecular flexibility index (Phi) is 6.61. The topological polar surface area (TPSA) is 18.5 Å². The molecule has 3 heteroatoms. The summed E-state index contributed by atoms with van der Waals surface area (Å²) >= 11 is 0. The highest BCUT2D eigenvalue weighted by molar-refractivity contribution is 4.84. The first kappa shape index (κ1) is 15.9. The molecule has 0 aromatic heterocycles. The van der Waals surface area contributed by atoms with Crippen LogP contribution in [0.3, 0.4) is 0 Å². The number of rotatable bonds is 6. The summed E-state index contributed by atoms with van der Waals surface area (Å²) in [5, 5.41) is 3.56. The van der Waals surface area contributed by atoms with Gasteiger partial charge >= 0.3 is 0 Å². The molecule has 18 heavy (non-hydrogen) atoms. The van der Waals surface area contributed by atoms with Gasteiger partial charge in [0, 0.05) is 37.8 Å². The first-order valence-corrected chi connectivity index (χ1v) is 7.67. The Morgan fingerprint density at radius 1 is 1.17 bits per heavy atom. The van der Waals surface area contributed by atoms with E-state index in [2.05, 4.69) is 56.7 Å². The minimum absolute atomic E-state index is 0.593. The predicted molar refractivity (Wildman–Crippen MR) is 80.0 cm³/mol. The van der Waals surface area contributed by atoms with Gasteiger partial charge in [-0.3, -0.25) is 9.80 Å². The Bertz CT molecular complexity index is 230. The normalized spacial score (nSPS) is 26.5. The molecule has 3 atom stereocenters. The van der Waals surface area contributed by atoms with Crippen molar-refractivity contribution < 1.29 is 0 Å². The fraction of sp³-hybridized carbons (Fsp3) is 1.00. The van der Waals surface area contributed by atoms with Crippen molar-refractivity contribution in [3.8, 4) is 0 Å². The molecule has 1 aliphatic rings. The van der Waals surface area contributed by atoms with E-state index < -0.39 is 0 Å². The molecule has 0 radical (unpaired) electrons. The van der Waals surface area contributed by atoms with Crippen LogP contribution < -0.4 is 5.32 Å². The Morgan fingerprint density at radius 3 is 2.33 bits per heavy atom. The van der Waals surface area contributed by atoms with Gasteiger partial charge in [0.1, 0.15) is 0 Å². The van der Waals surface area contributed by atoms with Gasteiger partial charge in [-0.1, -0.05) is 27.7 Å². The number of hydrogen-bond acceptors (Lipinski definition) is 3. The van der Waals surface area contributed by atoms with Crippen LogP contribution in [0.4, 0.5) is 0 Å². The van der Waals surface area contributed by atoms with Crippen molar-refractivity contribution in [2.75, 3.05) is 32.7 Å². The third-order valence-electron chi connectivity index (χ3n) is 4.45. The first-order chi connectivity index (χ1) is 8.45. The number of hydrogen-bond donors (Lipinski definition) is 1. The quantitative estimate of drug-likeness (QED) is 0.783. The molecule has 1 saturated heterocycles. The van der Waals surface area contributed by atoms with E-state index in [0.717, 1.165) is 6.54 Å². The maximum absolute atomic E-state index is 3.56. The van der Waals surface area contributed by atoms with Crippen LogP contribution in [0.15, 0.2) is 0 Å². The molecule has 108 valence electrons. The largest absolute Gasteiger partial charge is 0.314 e. The molecule has 1 N–H and O–H groups in total. The molecule has 0 spiro atoms. The van der Waals surface area contributed by atoms with E-state index in [4.69, 9.17) is 0 Å². The van der Waals surface area contributed by atoms with Crippen LogP contribution in [0, 0.1) is 5.92 Å². The summed E-state index contributed by atoms with van der Waals surface area (Å²) in [6.07, 6.45) is 0. The van der Waals surface area contributed by atoms with Gasteiger partial charge in [-0.2, -0.15) is 0 Å². The zero-order valence-electron chi connectivity index (χ0n) is 13.2. The predicted octanol–water partition coefficient (Wildman–Crippen LogP) is 2.03. The van der Waals surface area contributed by atoms with Gasteiger partial charge in [-0.25, -0.2) is 0 Å². The number of nitrogens with one attached hydrogen (secondary N) is 1. The second-order valence-electron chi connectivity index (χ2n) is 6.25. The highest BCUT2D eigenvalue weighted by Gasteiger charge is 2.27. The Hall–Kier alpha value is -0.120.